The Morgan fingerprint density at radius 3 is 2.54 bits per heavy atom. The number of carbonyl (C=O) groups excluding carboxylic acids is 2. The number of nitrogens with one attached hydrogen (secondary N) is 2. The second-order valence-corrected chi connectivity index (χ2v) is 7.38. The molecule has 2 rings (SSSR count). The van der Waals surface area contributed by atoms with Crippen molar-refractivity contribution in [3.63, 3.8) is 0 Å². The molecule has 2 aromatic rings. The monoisotopic (exact) mass is 395 g/mol. The van der Waals surface area contributed by atoms with Crippen LogP contribution in [0.3, 0.4) is 0 Å². The van der Waals surface area contributed by atoms with E-state index in [2.05, 4.69) is 20.8 Å². The van der Waals surface area contributed by atoms with Gasteiger partial charge in [0.1, 0.15) is 0 Å². The van der Waals surface area contributed by atoms with Crippen LogP contribution in [0.15, 0.2) is 29.4 Å². The van der Waals surface area contributed by atoms with E-state index >= 15 is 0 Å². The fourth-order valence-electron chi connectivity index (χ4n) is 2.13. The van der Waals surface area contributed by atoms with Crippen molar-refractivity contribution in [2.24, 2.45) is 5.92 Å². The zero-order chi connectivity index (χ0) is 19.1. The molecule has 0 radical (unpaired) electrons. The minimum atomic E-state index is -0.483. The van der Waals surface area contributed by atoms with Gasteiger partial charge in [0, 0.05) is 23.7 Å². The summed E-state index contributed by atoms with van der Waals surface area (Å²) in [6.07, 6.45) is 0. The first-order valence-electron chi connectivity index (χ1n) is 8.30. The van der Waals surface area contributed by atoms with Crippen LogP contribution < -0.4 is 10.6 Å². The minimum absolute atomic E-state index is 0.0772. The number of amides is 3. The van der Waals surface area contributed by atoms with Gasteiger partial charge < -0.3 is 9.88 Å². The number of aromatic nitrogens is 3. The maximum absolute atomic E-state index is 11.9. The first-order valence-corrected chi connectivity index (χ1v) is 9.66. The predicted molar refractivity (Wildman–Crippen MR) is 103 cm³/mol. The third-order valence-corrected chi connectivity index (χ3v) is 4.61. The van der Waals surface area contributed by atoms with E-state index in [1.54, 1.807) is 12.1 Å². The molecule has 0 saturated carbocycles. The molecule has 0 fully saturated rings. The molecule has 1 aromatic heterocycles. The summed E-state index contributed by atoms with van der Waals surface area (Å²) in [5.74, 6) is 0.727. The van der Waals surface area contributed by atoms with Gasteiger partial charge in [-0.3, -0.25) is 10.1 Å². The molecule has 0 atom stereocenters. The van der Waals surface area contributed by atoms with Crippen molar-refractivity contribution in [1.29, 1.82) is 0 Å². The van der Waals surface area contributed by atoms with Gasteiger partial charge in [-0.25, -0.2) is 4.79 Å². The number of benzene rings is 1. The van der Waals surface area contributed by atoms with Gasteiger partial charge in [0.25, 0.3) is 0 Å². The van der Waals surface area contributed by atoms with Crippen molar-refractivity contribution in [3.8, 4) is 11.4 Å². The van der Waals surface area contributed by atoms with Crippen molar-refractivity contribution in [1.82, 2.24) is 25.4 Å². The van der Waals surface area contributed by atoms with E-state index in [4.69, 9.17) is 11.6 Å². The molecule has 0 saturated heterocycles. The average molecular weight is 396 g/mol. The van der Waals surface area contributed by atoms with Gasteiger partial charge in [-0.15, -0.1) is 10.2 Å². The summed E-state index contributed by atoms with van der Waals surface area (Å²) in [6, 6.07) is 6.85. The Bertz CT molecular complexity index is 761. The number of rotatable bonds is 7. The number of carbonyl (C=O) groups is 2. The maximum atomic E-state index is 11.9. The zero-order valence-electron chi connectivity index (χ0n) is 15.0. The topological polar surface area (TPSA) is 88.9 Å². The lowest BCUT2D eigenvalue weighted by Gasteiger charge is -2.09. The summed E-state index contributed by atoms with van der Waals surface area (Å²) in [7, 11) is 0. The van der Waals surface area contributed by atoms with Crippen LogP contribution in [-0.2, 0) is 11.3 Å². The van der Waals surface area contributed by atoms with Crippen LogP contribution in [-0.4, -0.2) is 39.0 Å². The Kier molecular flexibility index (Phi) is 7.47. The van der Waals surface area contributed by atoms with Crippen LogP contribution in [0.4, 0.5) is 4.79 Å². The smallest absolute Gasteiger partial charge is 0.321 e. The van der Waals surface area contributed by atoms with Gasteiger partial charge in [0.15, 0.2) is 11.0 Å². The molecule has 1 heterocycles. The average Bonchev–Trinajstić information content (AvgIpc) is 3.01. The molecule has 26 heavy (non-hydrogen) atoms. The summed E-state index contributed by atoms with van der Waals surface area (Å²) in [4.78, 5) is 23.5. The molecule has 140 valence electrons. The molecule has 9 heteroatoms. The maximum Gasteiger partial charge on any atom is 0.321 e. The lowest BCUT2D eigenvalue weighted by molar-refractivity contribution is -0.117. The summed E-state index contributed by atoms with van der Waals surface area (Å²) in [5.41, 5.74) is 0.896. The van der Waals surface area contributed by atoms with Crippen LogP contribution in [0.5, 0.6) is 0 Å². The van der Waals surface area contributed by atoms with E-state index in [0.717, 1.165) is 5.56 Å². The van der Waals surface area contributed by atoms with Crippen molar-refractivity contribution in [3.05, 3.63) is 29.3 Å². The quantitative estimate of drug-likeness (QED) is 0.703. The molecule has 1 aromatic carbocycles. The van der Waals surface area contributed by atoms with Gasteiger partial charge in [-0.05, 0) is 37.1 Å². The third kappa shape index (κ3) is 5.74. The van der Waals surface area contributed by atoms with Crippen molar-refractivity contribution >= 4 is 35.3 Å². The van der Waals surface area contributed by atoms with Crippen LogP contribution in [0.2, 0.25) is 5.02 Å². The molecular formula is C17H22ClN5O2S. The normalized spacial score (nSPS) is 10.8. The number of halogens is 1. The molecule has 7 nitrogen and oxygen atoms in total. The third-order valence-electron chi connectivity index (χ3n) is 3.39. The Hall–Kier alpha value is -2.06. The Morgan fingerprint density at radius 1 is 1.23 bits per heavy atom. The highest BCUT2D eigenvalue weighted by Gasteiger charge is 2.15. The van der Waals surface area contributed by atoms with Gasteiger partial charge in [-0.2, -0.15) is 0 Å². The number of imide groups is 1. The standard InChI is InChI=1S/C17H22ClN5O2S/c1-4-23-15(12-5-7-13(18)8-6-12)21-22-17(23)26-10-14(24)20-16(25)19-9-11(2)3/h5-8,11H,4,9-10H2,1-3H3,(H2,19,20,24,25). The zero-order valence-corrected chi connectivity index (χ0v) is 16.5. The summed E-state index contributed by atoms with van der Waals surface area (Å²) >= 11 is 7.16. The molecule has 0 aliphatic heterocycles. The van der Waals surface area contributed by atoms with Crippen molar-refractivity contribution in [2.75, 3.05) is 12.3 Å². The molecule has 0 unspecified atom stereocenters. The van der Waals surface area contributed by atoms with Gasteiger partial charge in [0.05, 0.1) is 5.75 Å². The van der Waals surface area contributed by atoms with Gasteiger partial charge in [-0.1, -0.05) is 37.2 Å². The Morgan fingerprint density at radius 2 is 1.92 bits per heavy atom. The first-order chi connectivity index (χ1) is 12.4. The molecule has 0 bridgehead atoms. The molecule has 2 N–H and O–H groups in total. The summed E-state index contributed by atoms with van der Waals surface area (Å²) in [6.45, 7) is 7.11. The fraction of sp³-hybridized carbons (Fsp3) is 0.412. The van der Waals surface area contributed by atoms with Gasteiger partial charge in [0.2, 0.25) is 5.91 Å². The Labute approximate surface area is 161 Å². The van der Waals surface area contributed by atoms with Gasteiger partial charge >= 0.3 is 6.03 Å². The van der Waals surface area contributed by atoms with E-state index in [1.165, 1.54) is 11.8 Å². The largest absolute Gasteiger partial charge is 0.338 e. The number of hydrogen-bond donors (Lipinski definition) is 2. The molecule has 0 spiro atoms. The highest BCUT2D eigenvalue weighted by atomic mass is 35.5. The van der Waals surface area contributed by atoms with Crippen LogP contribution in [0.25, 0.3) is 11.4 Å². The molecule has 3 amide bonds. The van der Waals surface area contributed by atoms with Crippen molar-refractivity contribution in [2.45, 2.75) is 32.5 Å². The second kappa shape index (κ2) is 9.59. The van der Waals surface area contributed by atoms with Crippen LogP contribution in [0.1, 0.15) is 20.8 Å². The summed E-state index contributed by atoms with van der Waals surface area (Å²) < 4.78 is 1.92. The van der Waals surface area contributed by atoms with E-state index in [-0.39, 0.29) is 11.7 Å². The predicted octanol–water partition coefficient (Wildman–Crippen LogP) is 3.19. The number of nitrogens with zero attached hydrogens (tertiary/aromatic N) is 3. The lowest BCUT2D eigenvalue weighted by atomic mass is 10.2. The van der Waals surface area contributed by atoms with Crippen molar-refractivity contribution < 1.29 is 9.59 Å². The Balaban J connectivity index is 1.96. The van der Waals surface area contributed by atoms with Crippen LogP contribution in [0, 0.1) is 5.92 Å². The lowest BCUT2D eigenvalue weighted by Crippen LogP contribution is -2.41. The van der Waals surface area contributed by atoms with E-state index in [1.807, 2.05) is 37.5 Å². The highest BCUT2D eigenvalue weighted by Crippen LogP contribution is 2.24. The second-order valence-electron chi connectivity index (χ2n) is 6.00. The fourth-order valence-corrected chi connectivity index (χ4v) is 3.06. The molecular weight excluding hydrogens is 374 g/mol. The molecule has 0 aliphatic carbocycles. The van der Waals surface area contributed by atoms with E-state index in [0.29, 0.717) is 35.0 Å². The summed E-state index contributed by atoms with van der Waals surface area (Å²) in [5, 5.41) is 14.6. The van der Waals surface area contributed by atoms with E-state index < -0.39 is 6.03 Å². The molecule has 0 aliphatic rings. The first kappa shape index (κ1) is 20.3. The number of hydrogen-bond acceptors (Lipinski definition) is 5. The minimum Gasteiger partial charge on any atom is -0.338 e. The van der Waals surface area contributed by atoms with Crippen LogP contribution >= 0.6 is 23.4 Å². The highest BCUT2D eigenvalue weighted by molar-refractivity contribution is 7.99. The number of urea groups is 1. The van der Waals surface area contributed by atoms with E-state index in [9.17, 15) is 9.59 Å². The SMILES string of the molecule is CCn1c(SCC(=O)NC(=O)NCC(C)C)nnc1-c1ccc(Cl)cc1. The number of thioether (sulfide) groups is 1.